The first-order chi connectivity index (χ1) is 47.3. The number of ether oxygens (including phenoxy) is 3. The quantitative estimate of drug-likeness (QED) is 0.0237. The number of esters is 3. The van der Waals surface area contributed by atoms with Crippen LogP contribution in [-0.2, 0) is 116 Å². The summed E-state index contributed by atoms with van der Waals surface area (Å²) in [6.45, 7) is 17.7. The van der Waals surface area contributed by atoms with Gasteiger partial charge in [-0.1, -0.05) is 67.1 Å². The molecular formula is C66H77BrF9N9O12S3Si2. The van der Waals surface area contributed by atoms with E-state index in [0.29, 0.717) is 110 Å². The lowest BCUT2D eigenvalue weighted by molar-refractivity contribution is -0.145. The highest BCUT2D eigenvalue weighted by molar-refractivity contribution is 9.10. The third kappa shape index (κ3) is 23.7. The van der Waals surface area contributed by atoms with Gasteiger partial charge in [-0.2, -0.15) is 54.8 Å². The van der Waals surface area contributed by atoms with Gasteiger partial charge in [-0.05, 0) is 133 Å². The molecule has 3 N–H and O–H groups in total. The smallest absolute Gasteiger partial charge is 0.416 e. The molecule has 3 unspecified atom stereocenters. The van der Waals surface area contributed by atoms with Crippen LogP contribution in [0.15, 0.2) is 92.3 Å². The molecule has 3 aliphatic carbocycles. The van der Waals surface area contributed by atoms with Crippen LogP contribution in [0.25, 0.3) is 0 Å². The molecule has 9 rings (SSSR count). The van der Waals surface area contributed by atoms with Crippen molar-refractivity contribution in [1.82, 2.24) is 43.5 Å². The van der Waals surface area contributed by atoms with Crippen LogP contribution in [0.4, 0.5) is 39.5 Å². The van der Waals surface area contributed by atoms with E-state index in [1.54, 1.807) is 20.8 Å². The van der Waals surface area contributed by atoms with Gasteiger partial charge in [-0.25, -0.2) is 39.4 Å². The maximum atomic E-state index is 13.5. The Morgan fingerprint density at radius 3 is 1.11 bits per heavy atom. The Morgan fingerprint density at radius 2 is 0.814 bits per heavy atom. The summed E-state index contributed by atoms with van der Waals surface area (Å²) in [6, 6.07) is 5.42. The normalized spacial score (nSPS) is 16.1. The zero-order chi connectivity index (χ0) is 76.1. The monoisotopic (exact) mass is 1590 g/mol. The van der Waals surface area contributed by atoms with Crippen LogP contribution in [0, 0.1) is 35.8 Å². The van der Waals surface area contributed by atoms with Crippen molar-refractivity contribution in [2.75, 3.05) is 19.8 Å². The van der Waals surface area contributed by atoms with Crippen LogP contribution >= 0.6 is 15.9 Å². The highest BCUT2D eigenvalue weighted by atomic mass is 79.9. The molecule has 0 radical (unpaired) electrons. The summed E-state index contributed by atoms with van der Waals surface area (Å²) >= 11 is 2.94. The first-order valence-corrected chi connectivity index (χ1v) is 44.0. The molecule has 0 saturated heterocycles. The number of halogens is 10. The van der Waals surface area contributed by atoms with Crippen molar-refractivity contribution < 1.29 is 93.4 Å². The van der Waals surface area contributed by atoms with Gasteiger partial charge in [-0.15, -0.1) is 23.9 Å². The van der Waals surface area contributed by atoms with E-state index < -0.39 is 132 Å². The van der Waals surface area contributed by atoms with E-state index in [4.69, 9.17) is 27.1 Å². The van der Waals surface area contributed by atoms with E-state index in [2.05, 4.69) is 88.0 Å². The van der Waals surface area contributed by atoms with Crippen LogP contribution in [-0.4, -0.2) is 108 Å². The van der Waals surface area contributed by atoms with Crippen LogP contribution in [0.1, 0.15) is 139 Å². The standard InChI is InChI=1S/C23H28F3N3O4SSi.C20H20F3N3O4S.C18H19BrF3N3O4S.C5H10Si/c1-5-33-22(30)15-29-21-8-6-7-20(19(21)14-27-29)28-34(31,32)18-12-16(9-10-35(2,3)4)11-17(13-18)23(24,25)26;1-3-13-8-14(20(21,22)23)10-15(9-13)31(28,29)25-17-6-5-7-18-16(17)11-24-26(18)12-19(27)30-4-2;1-2-29-17(26)10-25-16-5-3-4-15(14(16)9-23-25)24-30(27,28)13-7-11(18(20,21)22)6-12(19)8-13;1-5-6(2,3)4/h11-14,20,28H,5-8,15H2,1-4H3;1,8-11,17,25H,4-7,12H2,2H3;6-9,15,24H,2-5,10H2,1H3;1H,2-4H3. The Morgan fingerprint density at radius 1 is 0.510 bits per heavy atom. The van der Waals surface area contributed by atoms with Crippen molar-refractivity contribution in [2.45, 2.75) is 189 Å². The summed E-state index contributed by atoms with van der Waals surface area (Å²) in [6.07, 6.45) is 5.53. The van der Waals surface area contributed by atoms with Gasteiger partial charge in [0, 0.05) is 49.4 Å². The SMILES string of the molecule is C#C[Si](C)(C)C.C#Cc1cc(C(F)(F)F)cc(S(=O)(=O)NC2CCCc3c2cnn3CC(=O)OCC)c1.CCOC(=O)Cn1ncc2c1CCCC2NS(=O)(=O)c1cc(Br)cc(C(F)(F)F)c1.CCOC(=O)Cn1ncc2c1CCCC2NS(=O)(=O)c1cc(C#C[Si](C)(C)C)cc(C(F)(F)F)c1. The van der Waals surface area contributed by atoms with Crippen molar-refractivity contribution in [3.05, 3.63) is 139 Å². The molecule has 36 heteroatoms. The Bertz CT molecular complexity index is 4540. The molecule has 3 aliphatic rings. The van der Waals surface area contributed by atoms with Crippen molar-refractivity contribution in [1.29, 1.82) is 0 Å². The van der Waals surface area contributed by atoms with E-state index in [1.165, 1.54) is 38.7 Å². The van der Waals surface area contributed by atoms with Crippen molar-refractivity contribution in [3.8, 4) is 35.8 Å². The molecule has 0 amide bonds. The van der Waals surface area contributed by atoms with Crippen molar-refractivity contribution in [2.24, 2.45) is 0 Å². The van der Waals surface area contributed by atoms with Gasteiger partial charge in [0.05, 0.1) is 87.9 Å². The van der Waals surface area contributed by atoms with Crippen LogP contribution in [0.3, 0.4) is 0 Å². The highest BCUT2D eigenvalue weighted by Crippen LogP contribution is 2.39. The molecule has 0 bridgehead atoms. The predicted octanol–water partition coefficient (Wildman–Crippen LogP) is 11.9. The number of benzene rings is 3. The lowest BCUT2D eigenvalue weighted by atomic mass is 9.94. The summed E-state index contributed by atoms with van der Waals surface area (Å²) in [5.74, 6) is 3.39. The third-order valence-corrected chi connectivity index (χ3v) is 21.8. The Hall–Kier alpha value is -7.61. The van der Waals surface area contributed by atoms with E-state index in [-0.39, 0.29) is 55.1 Å². The fourth-order valence-electron chi connectivity index (χ4n) is 10.5. The molecule has 0 aliphatic heterocycles. The lowest BCUT2D eigenvalue weighted by Crippen LogP contribution is -2.31. The number of alkyl halides is 9. The second-order valence-electron chi connectivity index (χ2n) is 25.4. The van der Waals surface area contributed by atoms with Crippen molar-refractivity contribution >= 4 is 80.1 Å². The van der Waals surface area contributed by atoms with Crippen LogP contribution in [0.2, 0.25) is 39.3 Å². The van der Waals surface area contributed by atoms with Gasteiger partial charge in [0.25, 0.3) is 0 Å². The zero-order valence-corrected chi connectivity index (χ0v) is 63.0. The molecule has 102 heavy (non-hydrogen) atoms. The van der Waals surface area contributed by atoms with E-state index in [0.717, 1.165) is 30.3 Å². The van der Waals surface area contributed by atoms with Crippen LogP contribution < -0.4 is 14.2 Å². The summed E-state index contributed by atoms with van der Waals surface area (Å²) in [7, 11) is -15.9. The molecule has 0 spiro atoms. The Kier molecular flexibility index (Phi) is 28.0. The molecule has 21 nitrogen and oxygen atoms in total. The molecule has 6 aromatic rings. The van der Waals surface area contributed by atoms with Gasteiger partial charge >= 0.3 is 36.4 Å². The zero-order valence-electron chi connectivity index (χ0n) is 57.0. The minimum absolute atomic E-state index is 0.00397. The molecule has 3 heterocycles. The lowest BCUT2D eigenvalue weighted by Gasteiger charge is -2.24. The maximum absolute atomic E-state index is 13.5. The number of nitrogens with one attached hydrogen (secondary N) is 3. The number of fused-ring (bicyclic) bond motifs is 3. The Balaban J connectivity index is 0.000000231. The summed E-state index contributed by atoms with van der Waals surface area (Å²) < 4.78 is 224. The van der Waals surface area contributed by atoms with E-state index in [9.17, 15) is 79.2 Å². The second-order valence-corrected chi connectivity index (χ2v) is 41.0. The van der Waals surface area contributed by atoms with Gasteiger partial charge in [-0.3, -0.25) is 28.4 Å². The summed E-state index contributed by atoms with van der Waals surface area (Å²) in [4.78, 5) is 33.8. The first-order valence-electron chi connectivity index (χ1n) is 31.8. The largest absolute Gasteiger partial charge is 0.465 e. The molecule has 3 atom stereocenters. The van der Waals surface area contributed by atoms with E-state index >= 15 is 0 Å². The van der Waals surface area contributed by atoms with Gasteiger partial charge in [0.1, 0.15) is 35.8 Å². The van der Waals surface area contributed by atoms with E-state index in [1.807, 2.05) is 19.6 Å². The third-order valence-electron chi connectivity index (χ3n) is 15.2. The number of aromatic nitrogens is 6. The number of terminal acetylenes is 2. The number of hydrogen-bond acceptors (Lipinski definition) is 15. The minimum atomic E-state index is -4.75. The number of carbonyl (C=O) groups is 3. The first kappa shape index (κ1) is 83.3. The van der Waals surface area contributed by atoms with Gasteiger partial charge in [0.15, 0.2) is 0 Å². The fraction of sp³-hybridized carbons (Fsp3) is 0.455. The Labute approximate surface area is 597 Å². The average molecular weight is 1590 g/mol. The average Bonchev–Trinajstić information content (AvgIpc) is 1.26. The fourth-order valence-corrected chi connectivity index (χ4v) is 15.6. The molecule has 0 fully saturated rings. The predicted molar refractivity (Wildman–Crippen MR) is 367 cm³/mol. The minimum Gasteiger partial charge on any atom is -0.465 e. The molecule has 554 valence electrons. The molecular weight excluding hydrogens is 1510 g/mol. The number of nitrogens with zero attached hydrogens (tertiary/aromatic N) is 6. The maximum Gasteiger partial charge on any atom is 0.416 e. The topological polar surface area (TPSA) is 271 Å². The summed E-state index contributed by atoms with van der Waals surface area (Å²) in [5.41, 5.74) is 6.07. The molecule has 3 aromatic heterocycles. The van der Waals surface area contributed by atoms with Crippen molar-refractivity contribution in [3.63, 3.8) is 0 Å². The highest BCUT2D eigenvalue weighted by Gasteiger charge is 2.38. The number of rotatable bonds is 18. The van der Waals surface area contributed by atoms with Gasteiger partial charge < -0.3 is 14.2 Å². The second kappa shape index (κ2) is 34.3. The molecule has 3 aromatic carbocycles. The molecule has 0 saturated carbocycles. The number of sulfonamides is 3. The van der Waals surface area contributed by atoms with Crippen LogP contribution in [0.5, 0.6) is 0 Å². The number of hydrogen-bond donors (Lipinski definition) is 3. The number of carbonyl (C=O) groups excluding carboxylic acids is 3. The van der Waals surface area contributed by atoms with Gasteiger partial charge in [0.2, 0.25) is 30.1 Å². The summed E-state index contributed by atoms with van der Waals surface area (Å²) in [5, 5.41) is 12.5.